The van der Waals surface area contributed by atoms with Crippen LogP contribution in [-0.2, 0) is 13.0 Å². The van der Waals surface area contributed by atoms with Gasteiger partial charge in [-0.3, -0.25) is 0 Å². The molecule has 0 amide bonds. The van der Waals surface area contributed by atoms with Crippen molar-refractivity contribution in [2.75, 3.05) is 6.54 Å². The molecule has 1 aromatic heterocycles. The molecule has 0 radical (unpaired) electrons. The fourth-order valence-corrected chi connectivity index (χ4v) is 2.29. The highest BCUT2D eigenvalue weighted by molar-refractivity contribution is 9.11. The summed E-state index contributed by atoms with van der Waals surface area (Å²) in [7, 11) is 0. The van der Waals surface area contributed by atoms with Gasteiger partial charge in [0.15, 0.2) is 0 Å². The number of nitrogens with one attached hydrogen (secondary N) is 1. The van der Waals surface area contributed by atoms with Crippen molar-refractivity contribution in [3.8, 4) is 0 Å². The summed E-state index contributed by atoms with van der Waals surface area (Å²) < 4.78 is 1.00. The summed E-state index contributed by atoms with van der Waals surface area (Å²) in [5.41, 5.74) is 1.46. The monoisotopic (exact) mass is 259 g/mol. The van der Waals surface area contributed by atoms with Crippen LogP contribution in [0.15, 0.2) is 22.5 Å². The predicted octanol–water partition coefficient (Wildman–Crippen LogP) is 3.31. The molecule has 1 N–H and O–H groups in total. The van der Waals surface area contributed by atoms with Gasteiger partial charge in [0.1, 0.15) is 0 Å². The highest BCUT2D eigenvalue weighted by Gasteiger charge is 2.00. The van der Waals surface area contributed by atoms with Crippen LogP contribution in [0.3, 0.4) is 0 Å². The van der Waals surface area contributed by atoms with E-state index >= 15 is 0 Å². The predicted molar refractivity (Wildman–Crippen MR) is 63.5 cm³/mol. The summed E-state index contributed by atoms with van der Waals surface area (Å²) >= 11 is 5.14. The van der Waals surface area contributed by atoms with E-state index in [2.05, 4.69) is 46.2 Å². The van der Waals surface area contributed by atoms with Crippen molar-refractivity contribution in [2.24, 2.45) is 0 Å². The smallest absolute Gasteiger partial charge is 0.0305 e. The fourth-order valence-electron chi connectivity index (χ4n) is 1.15. The van der Waals surface area contributed by atoms with Crippen LogP contribution in [0.25, 0.3) is 0 Å². The molecule has 72 valence electrons. The number of hydrogen-bond acceptors (Lipinski definition) is 2. The molecule has 13 heavy (non-hydrogen) atoms. The summed E-state index contributed by atoms with van der Waals surface area (Å²) in [4.78, 5) is 1.44. The molecule has 0 saturated carbocycles. The number of rotatable bonds is 5. The molecule has 0 unspecified atom stereocenters. The summed E-state index contributed by atoms with van der Waals surface area (Å²) in [5, 5.41) is 5.48. The first-order valence-corrected chi connectivity index (χ1v) is 6.00. The Balaban J connectivity index is 2.40. The minimum Gasteiger partial charge on any atom is -0.307 e. The van der Waals surface area contributed by atoms with Crippen molar-refractivity contribution in [2.45, 2.75) is 19.9 Å². The van der Waals surface area contributed by atoms with Gasteiger partial charge in [-0.25, -0.2) is 0 Å². The van der Waals surface area contributed by atoms with E-state index in [9.17, 15) is 0 Å². The van der Waals surface area contributed by atoms with Gasteiger partial charge < -0.3 is 5.32 Å². The number of aryl methyl sites for hydroxylation is 1. The Morgan fingerprint density at radius 2 is 2.46 bits per heavy atom. The van der Waals surface area contributed by atoms with Gasteiger partial charge in [0.05, 0.1) is 0 Å². The van der Waals surface area contributed by atoms with Gasteiger partial charge >= 0.3 is 0 Å². The molecule has 1 rings (SSSR count). The molecule has 1 aromatic rings. The van der Waals surface area contributed by atoms with Crippen molar-refractivity contribution in [1.29, 1.82) is 0 Å². The SMILES string of the molecule is C=C(Br)CNCc1sccc1CC. The zero-order valence-electron chi connectivity index (χ0n) is 7.77. The molecule has 0 aromatic carbocycles. The van der Waals surface area contributed by atoms with Crippen LogP contribution in [0, 0.1) is 0 Å². The van der Waals surface area contributed by atoms with Crippen molar-refractivity contribution in [3.05, 3.63) is 32.9 Å². The molecule has 3 heteroatoms. The Bertz CT molecular complexity index is 280. The lowest BCUT2D eigenvalue weighted by Crippen LogP contribution is -2.14. The van der Waals surface area contributed by atoms with Crippen LogP contribution in [0.1, 0.15) is 17.4 Å². The third-order valence-electron chi connectivity index (χ3n) is 1.82. The van der Waals surface area contributed by atoms with Crippen LogP contribution >= 0.6 is 27.3 Å². The third-order valence-corrected chi connectivity index (χ3v) is 3.06. The maximum atomic E-state index is 3.77. The molecule has 1 heterocycles. The summed E-state index contributed by atoms with van der Waals surface area (Å²) in [6.07, 6.45) is 1.12. The Labute approximate surface area is 92.0 Å². The molecule has 0 atom stereocenters. The van der Waals surface area contributed by atoms with E-state index in [4.69, 9.17) is 0 Å². The quantitative estimate of drug-likeness (QED) is 0.856. The van der Waals surface area contributed by atoms with Gasteiger partial charge in [0, 0.05) is 22.4 Å². The second kappa shape index (κ2) is 5.58. The van der Waals surface area contributed by atoms with E-state index in [1.165, 1.54) is 10.4 Å². The van der Waals surface area contributed by atoms with E-state index in [-0.39, 0.29) is 0 Å². The number of halogens is 1. The maximum Gasteiger partial charge on any atom is 0.0305 e. The average Bonchev–Trinajstić information content (AvgIpc) is 2.51. The molecule has 0 bridgehead atoms. The first-order chi connectivity index (χ1) is 6.24. The molecule has 0 aliphatic carbocycles. The van der Waals surface area contributed by atoms with Crippen LogP contribution in [0.2, 0.25) is 0 Å². The largest absolute Gasteiger partial charge is 0.307 e. The zero-order chi connectivity index (χ0) is 9.68. The zero-order valence-corrected chi connectivity index (χ0v) is 10.2. The summed E-state index contributed by atoms with van der Waals surface area (Å²) in [6.45, 7) is 7.75. The minimum atomic E-state index is 0.834. The Hall–Kier alpha value is -0.120. The molecule has 0 aliphatic rings. The van der Waals surface area contributed by atoms with Crippen LogP contribution < -0.4 is 5.32 Å². The molecule has 0 fully saturated rings. The Morgan fingerprint density at radius 3 is 3.08 bits per heavy atom. The third kappa shape index (κ3) is 3.63. The molecular formula is C10H14BrNS. The van der Waals surface area contributed by atoms with E-state index in [0.717, 1.165) is 24.0 Å². The van der Waals surface area contributed by atoms with Gasteiger partial charge in [0.25, 0.3) is 0 Å². The highest BCUT2D eigenvalue weighted by atomic mass is 79.9. The molecule has 0 saturated heterocycles. The molecular weight excluding hydrogens is 246 g/mol. The van der Waals surface area contributed by atoms with Gasteiger partial charge in [-0.15, -0.1) is 11.3 Å². The minimum absolute atomic E-state index is 0.834. The Kier molecular flexibility index (Phi) is 4.70. The van der Waals surface area contributed by atoms with Crippen molar-refractivity contribution in [3.63, 3.8) is 0 Å². The standard InChI is InChI=1S/C10H14BrNS/c1-3-9-4-5-13-10(9)7-12-6-8(2)11/h4-5,12H,2-3,6-7H2,1H3. The van der Waals surface area contributed by atoms with E-state index in [1.807, 2.05) is 11.3 Å². The first-order valence-electron chi connectivity index (χ1n) is 4.33. The summed E-state index contributed by atoms with van der Waals surface area (Å²) in [6, 6.07) is 2.20. The summed E-state index contributed by atoms with van der Waals surface area (Å²) in [5.74, 6) is 0. The average molecular weight is 260 g/mol. The van der Waals surface area contributed by atoms with E-state index in [1.54, 1.807) is 0 Å². The van der Waals surface area contributed by atoms with Crippen LogP contribution in [0.4, 0.5) is 0 Å². The van der Waals surface area contributed by atoms with Crippen molar-refractivity contribution >= 4 is 27.3 Å². The lowest BCUT2D eigenvalue weighted by molar-refractivity contribution is 0.761. The maximum absolute atomic E-state index is 3.77. The van der Waals surface area contributed by atoms with Gasteiger partial charge in [-0.2, -0.15) is 0 Å². The Morgan fingerprint density at radius 1 is 1.69 bits per heavy atom. The lowest BCUT2D eigenvalue weighted by atomic mass is 10.2. The number of hydrogen-bond donors (Lipinski definition) is 1. The molecule has 0 spiro atoms. The van der Waals surface area contributed by atoms with Crippen LogP contribution in [0.5, 0.6) is 0 Å². The van der Waals surface area contributed by atoms with Gasteiger partial charge in [-0.1, -0.05) is 29.4 Å². The van der Waals surface area contributed by atoms with Gasteiger partial charge in [-0.05, 0) is 23.4 Å². The second-order valence-electron chi connectivity index (χ2n) is 2.84. The van der Waals surface area contributed by atoms with Crippen molar-refractivity contribution in [1.82, 2.24) is 5.32 Å². The highest BCUT2D eigenvalue weighted by Crippen LogP contribution is 2.16. The van der Waals surface area contributed by atoms with E-state index < -0.39 is 0 Å². The first kappa shape index (κ1) is 11.0. The number of thiophene rings is 1. The lowest BCUT2D eigenvalue weighted by Gasteiger charge is -2.03. The van der Waals surface area contributed by atoms with E-state index in [0.29, 0.717) is 0 Å². The molecule has 0 aliphatic heterocycles. The fraction of sp³-hybridized carbons (Fsp3) is 0.400. The topological polar surface area (TPSA) is 12.0 Å². The van der Waals surface area contributed by atoms with Crippen LogP contribution in [-0.4, -0.2) is 6.54 Å². The second-order valence-corrected chi connectivity index (χ2v) is 4.97. The normalized spacial score (nSPS) is 10.3. The van der Waals surface area contributed by atoms with Gasteiger partial charge in [0.2, 0.25) is 0 Å². The molecule has 1 nitrogen and oxygen atoms in total. The van der Waals surface area contributed by atoms with Crippen molar-refractivity contribution < 1.29 is 0 Å².